The first-order chi connectivity index (χ1) is 14.4. The normalized spacial score (nSPS) is 14.1. The molecule has 1 amide bonds. The average Bonchev–Trinajstić information content (AvgIpc) is 3.14. The second-order valence-electron chi connectivity index (χ2n) is 7.37. The standard InChI is InChI=1S/C21H23N5O3S/c1-12-17(5-4-15(23-12)19(27)22-2)26-8-6-13(7-9-26)10-14-11-16-18(30-14)20(28)25(3)21(29)24-16/h4-6,11H,7-10H2,1-3H3,(H,22,27)(H,24,29). The number of carbonyl (C=O) groups is 1. The molecule has 0 fully saturated rings. The van der Waals surface area contributed by atoms with E-state index in [1.807, 2.05) is 19.1 Å². The smallest absolute Gasteiger partial charge is 0.328 e. The zero-order chi connectivity index (χ0) is 21.4. The second-order valence-corrected chi connectivity index (χ2v) is 8.50. The summed E-state index contributed by atoms with van der Waals surface area (Å²) in [4.78, 5) is 46.3. The number of H-pyrrole nitrogens is 1. The zero-order valence-electron chi connectivity index (χ0n) is 17.1. The Bertz CT molecular complexity index is 1280. The van der Waals surface area contributed by atoms with Crippen molar-refractivity contribution in [2.45, 2.75) is 19.8 Å². The van der Waals surface area contributed by atoms with Gasteiger partial charge in [-0.1, -0.05) is 11.6 Å². The van der Waals surface area contributed by atoms with Crippen LogP contribution in [0.3, 0.4) is 0 Å². The maximum atomic E-state index is 12.3. The topological polar surface area (TPSA) is 100 Å². The summed E-state index contributed by atoms with van der Waals surface area (Å²) in [6, 6.07) is 5.60. The summed E-state index contributed by atoms with van der Waals surface area (Å²) >= 11 is 1.44. The molecule has 9 heteroatoms. The van der Waals surface area contributed by atoms with Crippen molar-refractivity contribution in [3.63, 3.8) is 0 Å². The molecule has 0 unspecified atom stereocenters. The number of rotatable bonds is 4. The Morgan fingerprint density at radius 1 is 1.33 bits per heavy atom. The molecule has 30 heavy (non-hydrogen) atoms. The predicted octanol–water partition coefficient (Wildman–Crippen LogP) is 1.73. The van der Waals surface area contributed by atoms with Gasteiger partial charge >= 0.3 is 5.69 Å². The lowest BCUT2D eigenvalue weighted by molar-refractivity contribution is 0.0958. The summed E-state index contributed by atoms with van der Waals surface area (Å²) in [5.41, 5.74) is 3.55. The fourth-order valence-electron chi connectivity index (χ4n) is 3.68. The third kappa shape index (κ3) is 3.68. The second kappa shape index (κ2) is 7.91. The number of carbonyl (C=O) groups excluding carboxylic acids is 1. The Labute approximate surface area is 176 Å². The molecule has 1 aliphatic rings. The molecule has 0 atom stereocenters. The van der Waals surface area contributed by atoms with E-state index in [9.17, 15) is 14.4 Å². The molecule has 4 rings (SSSR count). The molecule has 8 nitrogen and oxygen atoms in total. The number of thiophene rings is 1. The number of amides is 1. The van der Waals surface area contributed by atoms with Gasteiger partial charge in [-0.05, 0) is 31.5 Å². The molecule has 0 bridgehead atoms. The summed E-state index contributed by atoms with van der Waals surface area (Å²) in [6.07, 6.45) is 3.88. The number of hydrogen-bond acceptors (Lipinski definition) is 6. The lowest BCUT2D eigenvalue weighted by atomic mass is 10.0. The molecule has 1 aliphatic heterocycles. The number of hydrogen-bond donors (Lipinski definition) is 2. The van der Waals surface area contributed by atoms with Gasteiger partial charge in [0, 0.05) is 38.5 Å². The van der Waals surface area contributed by atoms with E-state index in [0.29, 0.717) is 15.9 Å². The highest BCUT2D eigenvalue weighted by Gasteiger charge is 2.17. The maximum Gasteiger partial charge on any atom is 0.328 e. The van der Waals surface area contributed by atoms with Gasteiger partial charge in [-0.25, -0.2) is 9.78 Å². The monoisotopic (exact) mass is 425 g/mol. The van der Waals surface area contributed by atoms with E-state index in [4.69, 9.17) is 0 Å². The van der Waals surface area contributed by atoms with E-state index >= 15 is 0 Å². The van der Waals surface area contributed by atoms with E-state index in [-0.39, 0.29) is 11.5 Å². The minimum Gasteiger partial charge on any atom is -0.366 e. The molecule has 0 saturated heterocycles. The lowest BCUT2D eigenvalue weighted by Gasteiger charge is -2.29. The molecule has 156 valence electrons. The van der Waals surface area contributed by atoms with Crippen LogP contribution in [0.5, 0.6) is 0 Å². The maximum absolute atomic E-state index is 12.3. The van der Waals surface area contributed by atoms with Gasteiger partial charge < -0.3 is 15.2 Å². The number of pyridine rings is 1. The number of anilines is 1. The van der Waals surface area contributed by atoms with Crippen LogP contribution in [0.4, 0.5) is 5.69 Å². The Kier molecular flexibility index (Phi) is 5.29. The Balaban J connectivity index is 1.50. The minimum absolute atomic E-state index is 0.190. The van der Waals surface area contributed by atoms with Crippen molar-refractivity contribution >= 4 is 33.1 Å². The van der Waals surface area contributed by atoms with Crippen LogP contribution in [-0.2, 0) is 13.5 Å². The fraction of sp³-hybridized carbons (Fsp3) is 0.333. The van der Waals surface area contributed by atoms with Crippen molar-refractivity contribution in [1.82, 2.24) is 19.9 Å². The highest BCUT2D eigenvalue weighted by molar-refractivity contribution is 7.18. The largest absolute Gasteiger partial charge is 0.366 e. The van der Waals surface area contributed by atoms with Crippen LogP contribution < -0.4 is 21.5 Å². The molecule has 3 aromatic rings. The molecule has 2 N–H and O–H groups in total. The molecular formula is C21H23N5O3S. The first-order valence-electron chi connectivity index (χ1n) is 9.71. The van der Waals surface area contributed by atoms with Gasteiger partial charge in [-0.3, -0.25) is 14.2 Å². The lowest BCUT2D eigenvalue weighted by Crippen LogP contribution is -2.31. The van der Waals surface area contributed by atoms with Crippen LogP contribution in [0.1, 0.15) is 27.5 Å². The zero-order valence-corrected chi connectivity index (χ0v) is 17.9. The number of aromatic nitrogens is 3. The first-order valence-corrected chi connectivity index (χ1v) is 10.5. The van der Waals surface area contributed by atoms with Gasteiger partial charge in [0.05, 0.1) is 16.9 Å². The van der Waals surface area contributed by atoms with Crippen molar-refractivity contribution in [2.24, 2.45) is 7.05 Å². The Morgan fingerprint density at radius 2 is 2.13 bits per heavy atom. The van der Waals surface area contributed by atoms with Gasteiger partial charge in [0.2, 0.25) is 0 Å². The Morgan fingerprint density at radius 3 is 2.80 bits per heavy atom. The number of nitrogens with zero attached hydrogens (tertiary/aromatic N) is 3. The third-order valence-electron chi connectivity index (χ3n) is 5.39. The van der Waals surface area contributed by atoms with Crippen LogP contribution >= 0.6 is 11.3 Å². The summed E-state index contributed by atoms with van der Waals surface area (Å²) < 4.78 is 1.69. The summed E-state index contributed by atoms with van der Waals surface area (Å²) in [7, 11) is 3.08. The molecule has 3 aromatic heterocycles. The number of aryl methyl sites for hydroxylation is 1. The van der Waals surface area contributed by atoms with Crippen molar-refractivity contribution in [3.05, 3.63) is 67.0 Å². The predicted molar refractivity (Wildman–Crippen MR) is 119 cm³/mol. The highest BCUT2D eigenvalue weighted by atomic mass is 32.1. The van der Waals surface area contributed by atoms with E-state index in [0.717, 1.165) is 46.8 Å². The van der Waals surface area contributed by atoms with Crippen molar-refractivity contribution in [2.75, 3.05) is 25.0 Å². The van der Waals surface area contributed by atoms with Crippen LogP contribution in [-0.4, -0.2) is 40.6 Å². The highest BCUT2D eigenvalue weighted by Crippen LogP contribution is 2.27. The fourth-order valence-corrected chi connectivity index (χ4v) is 4.82. The molecule has 0 aromatic carbocycles. The van der Waals surface area contributed by atoms with E-state index < -0.39 is 5.69 Å². The van der Waals surface area contributed by atoms with Crippen molar-refractivity contribution < 1.29 is 4.79 Å². The van der Waals surface area contributed by atoms with Crippen LogP contribution in [0.2, 0.25) is 0 Å². The van der Waals surface area contributed by atoms with E-state index in [2.05, 4.69) is 26.3 Å². The van der Waals surface area contributed by atoms with E-state index in [1.54, 1.807) is 13.1 Å². The van der Waals surface area contributed by atoms with Gasteiger partial charge in [-0.15, -0.1) is 11.3 Å². The van der Waals surface area contributed by atoms with Crippen molar-refractivity contribution in [3.8, 4) is 0 Å². The average molecular weight is 426 g/mol. The first kappa shape index (κ1) is 20.1. The summed E-state index contributed by atoms with van der Waals surface area (Å²) in [6.45, 7) is 3.54. The van der Waals surface area contributed by atoms with Crippen LogP contribution in [0, 0.1) is 6.92 Å². The summed E-state index contributed by atoms with van der Waals surface area (Å²) in [5, 5.41) is 2.59. The molecule has 0 spiro atoms. The molecule has 0 radical (unpaired) electrons. The van der Waals surface area contributed by atoms with Crippen LogP contribution in [0.15, 0.2) is 39.4 Å². The number of fused-ring (bicyclic) bond motifs is 1. The van der Waals surface area contributed by atoms with Gasteiger partial charge in [0.25, 0.3) is 11.5 Å². The quantitative estimate of drug-likeness (QED) is 0.620. The van der Waals surface area contributed by atoms with Crippen LogP contribution in [0.25, 0.3) is 10.2 Å². The molecule has 4 heterocycles. The molecule has 0 aliphatic carbocycles. The van der Waals surface area contributed by atoms with Crippen molar-refractivity contribution in [1.29, 1.82) is 0 Å². The summed E-state index contributed by atoms with van der Waals surface area (Å²) in [5.74, 6) is -0.190. The number of aromatic amines is 1. The molecular weight excluding hydrogens is 402 g/mol. The molecule has 0 saturated carbocycles. The number of nitrogens with one attached hydrogen (secondary N) is 2. The van der Waals surface area contributed by atoms with Gasteiger partial charge in [0.1, 0.15) is 10.4 Å². The van der Waals surface area contributed by atoms with Gasteiger partial charge in [-0.2, -0.15) is 0 Å². The SMILES string of the molecule is CNC(=O)c1ccc(N2CC=C(Cc3cc4[nH]c(=O)n(C)c(=O)c4s3)CC2)c(C)n1. The van der Waals surface area contributed by atoms with E-state index in [1.165, 1.54) is 24.0 Å². The minimum atomic E-state index is -0.393. The third-order valence-corrected chi connectivity index (χ3v) is 6.51. The van der Waals surface area contributed by atoms with Gasteiger partial charge in [0.15, 0.2) is 0 Å². The Hall–Kier alpha value is -3.20.